The number of fused-ring (bicyclic) bond motifs is 2. The van der Waals surface area contributed by atoms with E-state index in [1.165, 1.54) is 16.7 Å². The van der Waals surface area contributed by atoms with Gasteiger partial charge in [0, 0.05) is 71.1 Å². The Morgan fingerprint density at radius 2 is 1.50 bits per heavy atom. The molecule has 1 atom stereocenters. The molecule has 0 bridgehead atoms. The molecule has 44 heavy (non-hydrogen) atoms. The fraction of sp³-hybridized carbons (Fsp3) is 0.576. The monoisotopic (exact) mass is 757 g/mol. The number of nitrogens with zero attached hydrogens (tertiary/aromatic N) is 3. The first-order chi connectivity index (χ1) is 20.7. The van der Waals surface area contributed by atoms with Gasteiger partial charge >= 0.3 is 29.6 Å². The van der Waals surface area contributed by atoms with Crippen LogP contribution in [0.3, 0.4) is 0 Å². The van der Waals surface area contributed by atoms with Crippen molar-refractivity contribution in [3.8, 4) is 0 Å². The van der Waals surface area contributed by atoms with Crippen LogP contribution in [0.15, 0.2) is 33.3 Å². The van der Waals surface area contributed by atoms with E-state index in [-0.39, 0.29) is 53.7 Å². The summed E-state index contributed by atoms with van der Waals surface area (Å²) < 4.78 is 2.03. The van der Waals surface area contributed by atoms with E-state index in [2.05, 4.69) is 44.0 Å². The number of likely N-dealkylation sites (tertiary alicyclic amines) is 2. The Kier molecular flexibility index (Phi) is 13.6. The van der Waals surface area contributed by atoms with Crippen LogP contribution in [0.4, 0.5) is 0 Å². The molecular weight excluding hydrogens is 721 g/mol. The van der Waals surface area contributed by atoms with Crippen LogP contribution in [0.25, 0.3) is 0 Å². The zero-order valence-electron chi connectivity index (χ0n) is 25.5. The zero-order valence-corrected chi connectivity index (χ0v) is 31.4. The number of aromatic nitrogens is 1. The number of unbranched alkanes of at least 4 members (excludes halogenated alkanes) is 2. The van der Waals surface area contributed by atoms with Crippen molar-refractivity contribution in [3.63, 3.8) is 0 Å². The van der Waals surface area contributed by atoms with Crippen LogP contribution in [0, 0.1) is 11.8 Å². The summed E-state index contributed by atoms with van der Waals surface area (Å²) in [6, 6.07) is 6.30. The van der Waals surface area contributed by atoms with E-state index in [0.717, 1.165) is 77.7 Å². The van der Waals surface area contributed by atoms with Crippen molar-refractivity contribution < 1.29 is 49.0 Å². The number of carboxylic acids is 1. The molecule has 11 heteroatoms. The normalized spacial score (nSPS) is 19.0. The summed E-state index contributed by atoms with van der Waals surface area (Å²) in [5, 5.41) is 11.3. The van der Waals surface area contributed by atoms with Crippen molar-refractivity contribution in [3.05, 3.63) is 60.7 Å². The molecule has 0 saturated carbocycles. The third-order valence-electron chi connectivity index (χ3n) is 9.48. The number of piperidine rings is 2. The molecule has 0 radical (unpaired) electrons. The molecule has 2 amide bonds. The minimum Gasteiger partial charge on any atom is -0.550 e. The quantitative estimate of drug-likeness (QED) is 0.290. The van der Waals surface area contributed by atoms with Crippen LogP contribution in [0.1, 0.15) is 92.5 Å². The number of benzene rings is 1. The van der Waals surface area contributed by atoms with Crippen LogP contribution in [-0.2, 0) is 27.2 Å². The molecule has 7 nitrogen and oxygen atoms in total. The molecule has 0 unspecified atom stereocenters. The minimum atomic E-state index is -1.03. The van der Waals surface area contributed by atoms with E-state index in [0.29, 0.717) is 50.6 Å². The Bertz CT molecular complexity index is 1350. The number of pyridine rings is 1. The van der Waals surface area contributed by atoms with Gasteiger partial charge in [-0.3, -0.25) is 14.6 Å². The van der Waals surface area contributed by atoms with E-state index < -0.39 is 5.97 Å². The van der Waals surface area contributed by atoms with E-state index in [9.17, 15) is 19.5 Å². The third kappa shape index (κ3) is 9.09. The zero-order chi connectivity index (χ0) is 30.5. The first-order valence-electron chi connectivity index (χ1n) is 15.6. The van der Waals surface area contributed by atoms with E-state index in [1.54, 1.807) is 0 Å². The van der Waals surface area contributed by atoms with Crippen molar-refractivity contribution in [2.75, 3.05) is 26.2 Å². The molecule has 3 aliphatic rings. The summed E-state index contributed by atoms with van der Waals surface area (Å²) in [5.74, 6) is 0.168. The van der Waals surface area contributed by atoms with Gasteiger partial charge in [0.1, 0.15) is 0 Å². The van der Waals surface area contributed by atoms with Crippen molar-refractivity contribution in [1.82, 2.24) is 14.8 Å². The molecular formula is C33H39Br2ClN3NaO4. The fourth-order valence-electron chi connectivity index (χ4n) is 7.16. The van der Waals surface area contributed by atoms with Crippen molar-refractivity contribution >= 4 is 61.2 Å². The molecule has 1 aromatic heterocycles. The molecule has 2 aromatic rings. The number of aliphatic carboxylic acids is 1. The number of carbonyl (C=O) groups is 3. The van der Waals surface area contributed by atoms with Crippen molar-refractivity contribution in [2.45, 2.75) is 83.0 Å². The molecule has 1 aliphatic carbocycles. The number of carbonyl (C=O) groups excluding carboxylic acids is 3. The standard InChI is InChI=1S/C33H40Br2ClN3O4.Na/c34-25-17-24-7-6-23-18-26(36)19-27(35)31(23)32(33(24)37-20-25)22-10-14-39(15-11-22)29(41)16-21-8-12-38(13-9-21)28(40)4-2-1-3-5-30(42)43;/h17-22,32H,1-16H2,(H,42,43);/q;+1/p-1/t32-;/m1./s1. The average Bonchev–Trinajstić information content (AvgIpc) is 3.14. The van der Waals surface area contributed by atoms with Gasteiger partial charge in [0.15, 0.2) is 0 Å². The fourth-order valence-corrected chi connectivity index (χ4v) is 8.65. The van der Waals surface area contributed by atoms with Gasteiger partial charge in [-0.1, -0.05) is 34.0 Å². The summed E-state index contributed by atoms with van der Waals surface area (Å²) in [6.45, 7) is 2.89. The second kappa shape index (κ2) is 16.7. The number of hydrogen-bond acceptors (Lipinski definition) is 5. The Morgan fingerprint density at radius 1 is 0.864 bits per heavy atom. The second-order valence-electron chi connectivity index (χ2n) is 12.3. The van der Waals surface area contributed by atoms with Crippen LogP contribution >= 0.6 is 43.5 Å². The second-order valence-corrected chi connectivity index (χ2v) is 14.5. The van der Waals surface area contributed by atoms with Gasteiger partial charge in [-0.2, -0.15) is 0 Å². The van der Waals surface area contributed by atoms with Crippen LogP contribution in [0.2, 0.25) is 5.02 Å². The van der Waals surface area contributed by atoms with Gasteiger partial charge < -0.3 is 19.7 Å². The molecule has 1 aromatic carbocycles. The van der Waals surface area contributed by atoms with E-state index in [4.69, 9.17) is 16.6 Å². The third-order valence-corrected chi connectivity index (χ3v) is 10.8. The maximum Gasteiger partial charge on any atom is 1.00 e. The number of amides is 2. The molecule has 0 spiro atoms. The van der Waals surface area contributed by atoms with Crippen LogP contribution in [-0.4, -0.2) is 58.7 Å². The summed E-state index contributed by atoms with van der Waals surface area (Å²) in [5.41, 5.74) is 4.99. The van der Waals surface area contributed by atoms with E-state index >= 15 is 0 Å². The molecule has 2 fully saturated rings. The first-order valence-corrected chi connectivity index (χ1v) is 17.5. The average molecular weight is 760 g/mol. The van der Waals surface area contributed by atoms with Gasteiger partial charge in [-0.25, -0.2) is 0 Å². The Morgan fingerprint density at radius 3 is 2.20 bits per heavy atom. The molecule has 2 saturated heterocycles. The molecule has 232 valence electrons. The van der Waals surface area contributed by atoms with Gasteiger partial charge in [0.25, 0.3) is 0 Å². The van der Waals surface area contributed by atoms with Crippen LogP contribution in [0.5, 0.6) is 0 Å². The number of carboxylic acid groups (broad SMARTS) is 1. The SMILES string of the molecule is O=C([O-])CCCCCC(=O)N1CCC(CC(=O)N2CCC([C@H]3c4ncc(Br)cc4CCc4cc(Cl)cc(Br)c43)CC2)CC1.[Na+]. The van der Waals surface area contributed by atoms with E-state index in [1.807, 2.05) is 22.1 Å². The van der Waals surface area contributed by atoms with Gasteiger partial charge in [0.2, 0.25) is 11.8 Å². The maximum atomic E-state index is 13.4. The molecule has 5 rings (SSSR count). The van der Waals surface area contributed by atoms with Crippen molar-refractivity contribution in [1.29, 1.82) is 0 Å². The summed E-state index contributed by atoms with van der Waals surface area (Å²) >= 11 is 13.9. The predicted octanol–water partition coefficient (Wildman–Crippen LogP) is 3.06. The topological polar surface area (TPSA) is 93.6 Å². The first kappa shape index (κ1) is 35.9. The Labute approximate surface area is 304 Å². The number of hydrogen-bond donors (Lipinski definition) is 0. The summed E-state index contributed by atoms with van der Waals surface area (Å²) in [7, 11) is 0. The van der Waals surface area contributed by atoms with Gasteiger partial charge in [0.05, 0.1) is 5.69 Å². The number of halogens is 3. The Balaban J connectivity index is 0.00000442. The van der Waals surface area contributed by atoms with Crippen molar-refractivity contribution in [2.24, 2.45) is 11.8 Å². The Hall–Kier alpha value is -0.970. The summed E-state index contributed by atoms with van der Waals surface area (Å²) in [4.78, 5) is 45.4. The number of aryl methyl sites for hydroxylation is 2. The molecule has 3 heterocycles. The maximum absolute atomic E-state index is 13.4. The molecule has 0 N–H and O–H groups in total. The van der Waals surface area contributed by atoms with Crippen LogP contribution < -0.4 is 34.7 Å². The van der Waals surface area contributed by atoms with Gasteiger partial charge in [-0.05, 0) is 120 Å². The largest absolute Gasteiger partial charge is 1.00 e. The smallest absolute Gasteiger partial charge is 0.550 e. The predicted molar refractivity (Wildman–Crippen MR) is 172 cm³/mol. The minimum absolute atomic E-state index is 0. The van der Waals surface area contributed by atoms with Gasteiger partial charge in [-0.15, -0.1) is 0 Å². The number of rotatable bonds is 9. The molecule has 2 aliphatic heterocycles. The summed E-state index contributed by atoms with van der Waals surface area (Å²) in [6.07, 6.45) is 10.3.